The summed E-state index contributed by atoms with van der Waals surface area (Å²) in [5.41, 5.74) is 4.60. The number of ether oxygens (including phenoxy) is 1. The summed E-state index contributed by atoms with van der Waals surface area (Å²) < 4.78 is 6.14. The number of aliphatic imine (C=N–C) groups is 1. The van der Waals surface area contributed by atoms with Crippen molar-refractivity contribution in [3.8, 4) is 0 Å². The molecule has 176 valence electrons. The Balaban J connectivity index is 0.000000277. The number of hydrogen-bond acceptors (Lipinski definition) is 4. The second-order valence-corrected chi connectivity index (χ2v) is 9.61. The lowest BCUT2D eigenvalue weighted by atomic mass is 10.0. The molecule has 0 saturated heterocycles. The zero-order valence-electron chi connectivity index (χ0n) is 19.9. The molecular formula is C27H33BrN2O2S. The standard InChI is InChI=1S/C18H16BrNS.C9H17NO2/c1-3-16-12(2)21-17-10-5-4-9-15(17)18(20-16)13-7-6-8-14(19)11-13;1-4-8(3)9(11)10-6-7-12-5-2/h4-11H,3H2,1-2H3;4,8H,1,5-7H2,2-3H3,(H,10,11). The van der Waals surface area contributed by atoms with Gasteiger partial charge in [0.05, 0.1) is 23.9 Å². The number of benzene rings is 2. The van der Waals surface area contributed by atoms with Crippen molar-refractivity contribution in [3.63, 3.8) is 0 Å². The van der Waals surface area contributed by atoms with E-state index in [0.29, 0.717) is 19.8 Å². The highest BCUT2D eigenvalue weighted by Gasteiger charge is 2.18. The summed E-state index contributed by atoms with van der Waals surface area (Å²) in [6.07, 6.45) is 2.57. The van der Waals surface area contributed by atoms with Crippen LogP contribution < -0.4 is 5.32 Å². The highest BCUT2D eigenvalue weighted by molar-refractivity contribution is 9.10. The van der Waals surface area contributed by atoms with Crippen molar-refractivity contribution in [2.75, 3.05) is 19.8 Å². The first-order valence-electron chi connectivity index (χ1n) is 11.2. The molecule has 0 fully saturated rings. The van der Waals surface area contributed by atoms with E-state index in [0.717, 1.165) is 22.2 Å². The third kappa shape index (κ3) is 8.29. The van der Waals surface area contributed by atoms with Crippen molar-refractivity contribution in [3.05, 3.63) is 87.4 Å². The minimum Gasteiger partial charge on any atom is -0.380 e. The minimum absolute atomic E-state index is 0.00435. The van der Waals surface area contributed by atoms with Gasteiger partial charge in [-0.25, -0.2) is 0 Å². The molecule has 1 aliphatic heterocycles. The van der Waals surface area contributed by atoms with Crippen LogP contribution in [0.25, 0.3) is 0 Å². The number of carbonyl (C=O) groups excluding carboxylic acids is 1. The summed E-state index contributed by atoms with van der Waals surface area (Å²) >= 11 is 5.38. The van der Waals surface area contributed by atoms with Gasteiger partial charge in [0.2, 0.25) is 5.91 Å². The molecule has 33 heavy (non-hydrogen) atoms. The number of nitrogens with zero attached hydrogens (tertiary/aromatic N) is 1. The van der Waals surface area contributed by atoms with E-state index in [-0.39, 0.29) is 11.8 Å². The Bertz CT molecular complexity index is 1020. The average Bonchev–Trinajstić information content (AvgIpc) is 2.97. The number of carbonyl (C=O) groups is 1. The van der Waals surface area contributed by atoms with E-state index in [1.807, 2.05) is 31.7 Å². The molecule has 0 spiro atoms. The van der Waals surface area contributed by atoms with Crippen molar-refractivity contribution in [1.29, 1.82) is 0 Å². The van der Waals surface area contributed by atoms with E-state index in [1.54, 1.807) is 6.08 Å². The first-order valence-corrected chi connectivity index (χ1v) is 12.8. The van der Waals surface area contributed by atoms with E-state index in [4.69, 9.17) is 9.73 Å². The number of fused-ring (bicyclic) bond motifs is 1. The zero-order valence-corrected chi connectivity index (χ0v) is 22.3. The van der Waals surface area contributed by atoms with Crippen LogP contribution in [0.15, 0.2) is 86.1 Å². The molecule has 1 amide bonds. The van der Waals surface area contributed by atoms with Gasteiger partial charge in [-0.05, 0) is 38.5 Å². The maximum absolute atomic E-state index is 11.1. The molecule has 4 nitrogen and oxygen atoms in total. The molecule has 0 saturated carbocycles. The molecule has 0 bridgehead atoms. The average molecular weight is 530 g/mol. The maximum Gasteiger partial charge on any atom is 0.226 e. The van der Waals surface area contributed by atoms with Crippen LogP contribution >= 0.6 is 27.7 Å². The Morgan fingerprint density at radius 3 is 2.67 bits per heavy atom. The van der Waals surface area contributed by atoms with Crippen molar-refractivity contribution in [1.82, 2.24) is 5.32 Å². The van der Waals surface area contributed by atoms with Crippen LogP contribution in [0, 0.1) is 5.92 Å². The smallest absolute Gasteiger partial charge is 0.226 e. The van der Waals surface area contributed by atoms with E-state index in [1.165, 1.54) is 21.1 Å². The summed E-state index contributed by atoms with van der Waals surface area (Å²) in [5.74, 6) is -0.115. The van der Waals surface area contributed by atoms with Crippen LogP contribution in [0.5, 0.6) is 0 Å². The molecule has 1 atom stereocenters. The Morgan fingerprint density at radius 1 is 1.24 bits per heavy atom. The Morgan fingerprint density at radius 2 is 2.00 bits per heavy atom. The van der Waals surface area contributed by atoms with Gasteiger partial charge >= 0.3 is 0 Å². The SMILES string of the molecule is C=CC(C)C(=O)NCCOCC.CCC1=C(C)Sc2ccccc2C(c2cccc(Br)c2)=N1. The normalized spacial score (nSPS) is 13.7. The van der Waals surface area contributed by atoms with Crippen LogP contribution in [0.3, 0.4) is 0 Å². The lowest BCUT2D eigenvalue weighted by molar-refractivity contribution is -0.123. The van der Waals surface area contributed by atoms with Gasteiger partial charge in [-0.1, -0.05) is 77.9 Å². The summed E-state index contributed by atoms with van der Waals surface area (Å²) in [4.78, 5) is 18.6. The summed E-state index contributed by atoms with van der Waals surface area (Å²) in [6, 6.07) is 16.9. The van der Waals surface area contributed by atoms with Crippen LogP contribution in [-0.4, -0.2) is 31.4 Å². The third-order valence-electron chi connectivity index (χ3n) is 5.01. The molecule has 1 N–H and O–H groups in total. The largest absolute Gasteiger partial charge is 0.380 e. The Hall–Kier alpha value is -2.15. The lowest BCUT2D eigenvalue weighted by Crippen LogP contribution is -2.31. The molecule has 2 aromatic rings. The maximum atomic E-state index is 11.1. The minimum atomic E-state index is -0.119. The molecule has 1 aliphatic rings. The van der Waals surface area contributed by atoms with Crippen LogP contribution in [0.1, 0.15) is 45.2 Å². The van der Waals surface area contributed by atoms with Gasteiger partial charge in [0.25, 0.3) is 0 Å². The van der Waals surface area contributed by atoms with Gasteiger partial charge in [0.1, 0.15) is 0 Å². The monoisotopic (exact) mass is 528 g/mol. The lowest BCUT2D eigenvalue weighted by Gasteiger charge is -2.09. The molecular weight excluding hydrogens is 496 g/mol. The van der Waals surface area contributed by atoms with Crippen molar-refractivity contribution in [2.45, 2.75) is 39.0 Å². The van der Waals surface area contributed by atoms with Crippen molar-refractivity contribution in [2.24, 2.45) is 10.9 Å². The molecule has 0 aromatic heterocycles. The fourth-order valence-corrected chi connectivity index (χ4v) is 4.55. The fraction of sp³-hybridized carbons (Fsp3) is 0.333. The van der Waals surface area contributed by atoms with Crippen molar-refractivity contribution >= 4 is 39.3 Å². The first kappa shape index (κ1) is 27.1. The Kier molecular flexibility index (Phi) is 11.6. The molecule has 0 aliphatic carbocycles. The summed E-state index contributed by atoms with van der Waals surface area (Å²) in [5, 5.41) is 2.73. The topological polar surface area (TPSA) is 50.7 Å². The molecule has 1 unspecified atom stereocenters. The van der Waals surface area contributed by atoms with Gasteiger partial charge in [-0.15, -0.1) is 6.58 Å². The third-order valence-corrected chi connectivity index (χ3v) is 6.62. The fourth-order valence-electron chi connectivity index (χ4n) is 3.09. The van der Waals surface area contributed by atoms with Gasteiger partial charge in [-0.2, -0.15) is 0 Å². The van der Waals surface area contributed by atoms with Gasteiger partial charge < -0.3 is 10.1 Å². The summed E-state index contributed by atoms with van der Waals surface area (Å²) in [7, 11) is 0. The molecule has 2 aromatic carbocycles. The summed E-state index contributed by atoms with van der Waals surface area (Å²) in [6.45, 7) is 13.4. The number of rotatable bonds is 8. The van der Waals surface area contributed by atoms with E-state index in [9.17, 15) is 4.79 Å². The van der Waals surface area contributed by atoms with Crippen LogP contribution in [0.4, 0.5) is 0 Å². The van der Waals surface area contributed by atoms with Crippen molar-refractivity contribution < 1.29 is 9.53 Å². The first-order chi connectivity index (χ1) is 15.9. The number of amides is 1. The molecule has 6 heteroatoms. The second-order valence-electron chi connectivity index (χ2n) is 7.44. The van der Waals surface area contributed by atoms with E-state index >= 15 is 0 Å². The highest BCUT2D eigenvalue weighted by Crippen LogP contribution is 2.37. The molecule has 0 radical (unpaired) electrons. The predicted molar refractivity (Wildman–Crippen MR) is 144 cm³/mol. The second kappa shape index (κ2) is 14.2. The number of halogens is 1. The van der Waals surface area contributed by atoms with E-state index < -0.39 is 0 Å². The number of thioether (sulfide) groups is 1. The van der Waals surface area contributed by atoms with Crippen LogP contribution in [0.2, 0.25) is 0 Å². The quantitative estimate of drug-likeness (QED) is 0.296. The number of hydrogen-bond donors (Lipinski definition) is 1. The zero-order chi connectivity index (χ0) is 24.2. The number of nitrogens with one attached hydrogen (secondary N) is 1. The molecule has 3 rings (SSSR count). The molecule has 1 heterocycles. The van der Waals surface area contributed by atoms with Gasteiger partial charge in [0.15, 0.2) is 0 Å². The van der Waals surface area contributed by atoms with E-state index in [2.05, 4.69) is 84.1 Å². The van der Waals surface area contributed by atoms with Gasteiger partial charge in [0, 0.05) is 38.6 Å². The number of allylic oxidation sites excluding steroid dienone is 2. The predicted octanol–water partition coefficient (Wildman–Crippen LogP) is 6.99. The van der Waals surface area contributed by atoms with Crippen LogP contribution in [-0.2, 0) is 9.53 Å². The van der Waals surface area contributed by atoms with Gasteiger partial charge in [-0.3, -0.25) is 9.79 Å². The Labute approximate surface area is 210 Å². The highest BCUT2D eigenvalue weighted by atomic mass is 79.9.